The summed E-state index contributed by atoms with van der Waals surface area (Å²) in [5, 5.41) is 0. The number of aromatic nitrogens is 1. The van der Waals surface area contributed by atoms with E-state index < -0.39 is 0 Å². The molecule has 0 bridgehead atoms. The quantitative estimate of drug-likeness (QED) is 0.788. The number of carbonyl (C=O) groups excluding carboxylic acids is 1. The van der Waals surface area contributed by atoms with Crippen molar-refractivity contribution in [3.8, 4) is 0 Å². The second-order valence-corrected chi connectivity index (χ2v) is 5.73. The molecule has 3 rings (SSSR count). The van der Waals surface area contributed by atoms with Crippen LogP contribution < -0.4 is 0 Å². The lowest BCUT2D eigenvalue weighted by Crippen LogP contribution is -2.35. The highest BCUT2D eigenvalue weighted by Gasteiger charge is 2.20. The molecule has 1 saturated heterocycles. The summed E-state index contributed by atoms with van der Waals surface area (Å²) in [6, 6.07) is 4.02. The Morgan fingerprint density at radius 3 is 2.83 bits per heavy atom. The minimum absolute atomic E-state index is 0.183. The molecule has 1 aromatic carbocycles. The highest BCUT2D eigenvalue weighted by atomic mass is 32.1. The van der Waals surface area contributed by atoms with Crippen molar-refractivity contribution in [2.45, 2.75) is 26.2 Å². The van der Waals surface area contributed by atoms with Gasteiger partial charge in [0.1, 0.15) is 0 Å². The van der Waals surface area contributed by atoms with Crippen molar-refractivity contribution < 1.29 is 4.79 Å². The summed E-state index contributed by atoms with van der Waals surface area (Å²) in [5.74, 6) is 0.183. The lowest BCUT2D eigenvalue weighted by atomic mass is 10.0. The molecule has 1 fully saturated rings. The van der Waals surface area contributed by atoms with Crippen LogP contribution in [0.25, 0.3) is 10.2 Å². The Bertz CT molecular complexity index is 584. The fraction of sp³-hybridized carbons (Fsp3) is 0.429. The molecule has 1 aromatic heterocycles. The van der Waals surface area contributed by atoms with E-state index in [0.717, 1.165) is 47.3 Å². The Kier molecular flexibility index (Phi) is 3.04. The SMILES string of the molecule is Cc1cc2ncsc2cc1C(=O)N1CCCCC1. The predicted molar refractivity (Wildman–Crippen MR) is 74.1 cm³/mol. The van der Waals surface area contributed by atoms with Gasteiger partial charge in [-0.05, 0) is 43.9 Å². The summed E-state index contributed by atoms with van der Waals surface area (Å²) in [5.41, 5.74) is 4.70. The Morgan fingerprint density at radius 1 is 1.28 bits per heavy atom. The average molecular weight is 260 g/mol. The van der Waals surface area contributed by atoms with E-state index in [0.29, 0.717) is 0 Å². The number of hydrogen-bond donors (Lipinski definition) is 0. The number of rotatable bonds is 1. The van der Waals surface area contributed by atoms with Crippen LogP contribution in [-0.4, -0.2) is 28.9 Å². The first-order valence-corrected chi connectivity index (χ1v) is 7.27. The summed E-state index contributed by atoms with van der Waals surface area (Å²) in [4.78, 5) is 18.8. The number of benzene rings is 1. The molecule has 0 N–H and O–H groups in total. The molecule has 3 nitrogen and oxygen atoms in total. The monoisotopic (exact) mass is 260 g/mol. The van der Waals surface area contributed by atoms with Gasteiger partial charge in [-0.25, -0.2) is 4.98 Å². The van der Waals surface area contributed by atoms with E-state index in [-0.39, 0.29) is 5.91 Å². The second-order valence-electron chi connectivity index (χ2n) is 4.84. The van der Waals surface area contributed by atoms with Crippen molar-refractivity contribution >= 4 is 27.5 Å². The number of thiazole rings is 1. The molecule has 0 radical (unpaired) electrons. The topological polar surface area (TPSA) is 33.2 Å². The highest BCUT2D eigenvalue weighted by Crippen LogP contribution is 2.24. The van der Waals surface area contributed by atoms with E-state index >= 15 is 0 Å². The predicted octanol–water partition coefficient (Wildman–Crippen LogP) is 3.23. The number of hydrogen-bond acceptors (Lipinski definition) is 3. The molecule has 1 aliphatic rings. The first-order valence-electron chi connectivity index (χ1n) is 6.39. The van der Waals surface area contributed by atoms with E-state index in [4.69, 9.17) is 0 Å². The van der Waals surface area contributed by atoms with Gasteiger partial charge in [-0.3, -0.25) is 4.79 Å². The van der Waals surface area contributed by atoms with Gasteiger partial charge in [-0.15, -0.1) is 11.3 Å². The molecule has 0 atom stereocenters. The van der Waals surface area contributed by atoms with Crippen molar-refractivity contribution in [1.29, 1.82) is 0 Å². The third-order valence-electron chi connectivity index (χ3n) is 3.55. The van der Waals surface area contributed by atoms with Gasteiger partial charge in [0, 0.05) is 18.7 Å². The fourth-order valence-electron chi connectivity index (χ4n) is 2.51. The third kappa shape index (κ3) is 2.01. The molecule has 0 spiro atoms. The molecule has 1 amide bonds. The van der Waals surface area contributed by atoms with Gasteiger partial charge in [-0.1, -0.05) is 0 Å². The van der Waals surface area contributed by atoms with E-state index in [2.05, 4.69) is 4.98 Å². The molecule has 4 heteroatoms. The lowest BCUT2D eigenvalue weighted by molar-refractivity contribution is 0.0724. The van der Waals surface area contributed by atoms with Gasteiger partial charge in [0.2, 0.25) is 0 Å². The summed E-state index contributed by atoms with van der Waals surface area (Å²) < 4.78 is 1.10. The van der Waals surface area contributed by atoms with Gasteiger partial charge in [0.25, 0.3) is 5.91 Å². The minimum atomic E-state index is 0.183. The minimum Gasteiger partial charge on any atom is -0.339 e. The molecule has 94 valence electrons. The lowest BCUT2D eigenvalue weighted by Gasteiger charge is -2.27. The summed E-state index contributed by atoms with van der Waals surface area (Å²) >= 11 is 1.59. The van der Waals surface area contributed by atoms with Gasteiger partial charge in [-0.2, -0.15) is 0 Å². The van der Waals surface area contributed by atoms with Crippen LogP contribution in [-0.2, 0) is 0 Å². The fourth-order valence-corrected chi connectivity index (χ4v) is 3.20. The van der Waals surface area contributed by atoms with Crippen molar-refractivity contribution in [2.24, 2.45) is 0 Å². The first kappa shape index (κ1) is 11.7. The van der Waals surface area contributed by atoms with Crippen LogP contribution in [0.15, 0.2) is 17.6 Å². The molecule has 2 aromatic rings. The number of carbonyl (C=O) groups is 1. The largest absolute Gasteiger partial charge is 0.339 e. The van der Waals surface area contributed by atoms with E-state index in [9.17, 15) is 4.79 Å². The van der Waals surface area contributed by atoms with Gasteiger partial charge < -0.3 is 4.90 Å². The van der Waals surface area contributed by atoms with E-state index in [1.165, 1.54) is 6.42 Å². The maximum Gasteiger partial charge on any atom is 0.254 e. The van der Waals surface area contributed by atoms with Gasteiger partial charge in [0.15, 0.2) is 0 Å². The Hall–Kier alpha value is -1.42. The van der Waals surface area contributed by atoms with Crippen LogP contribution in [0.3, 0.4) is 0 Å². The molecule has 0 saturated carbocycles. The number of aryl methyl sites for hydroxylation is 1. The zero-order valence-corrected chi connectivity index (χ0v) is 11.3. The standard InChI is InChI=1S/C14H16N2OS/c1-10-7-12-13(18-9-15-12)8-11(10)14(17)16-5-3-2-4-6-16/h7-9H,2-6H2,1H3. The molecule has 18 heavy (non-hydrogen) atoms. The third-order valence-corrected chi connectivity index (χ3v) is 4.34. The maximum absolute atomic E-state index is 12.5. The van der Waals surface area contributed by atoms with Crippen molar-refractivity contribution in [1.82, 2.24) is 9.88 Å². The molecule has 1 aliphatic heterocycles. The second kappa shape index (κ2) is 4.69. The van der Waals surface area contributed by atoms with Crippen LogP contribution in [0.2, 0.25) is 0 Å². The highest BCUT2D eigenvalue weighted by molar-refractivity contribution is 7.16. The van der Waals surface area contributed by atoms with Crippen molar-refractivity contribution in [2.75, 3.05) is 13.1 Å². The molecular weight excluding hydrogens is 244 g/mol. The van der Waals surface area contributed by atoms with E-state index in [1.807, 2.05) is 29.5 Å². The van der Waals surface area contributed by atoms with Crippen LogP contribution in [0.1, 0.15) is 35.2 Å². The van der Waals surface area contributed by atoms with E-state index in [1.54, 1.807) is 11.3 Å². The summed E-state index contributed by atoms with van der Waals surface area (Å²) in [6.45, 7) is 3.80. The molecule has 2 heterocycles. The van der Waals surface area contributed by atoms with Gasteiger partial charge in [0.05, 0.1) is 15.7 Å². The van der Waals surface area contributed by atoms with Crippen LogP contribution in [0.4, 0.5) is 0 Å². The summed E-state index contributed by atoms with van der Waals surface area (Å²) in [7, 11) is 0. The molecular formula is C14H16N2OS. The number of nitrogens with zero attached hydrogens (tertiary/aromatic N) is 2. The summed E-state index contributed by atoms with van der Waals surface area (Å²) in [6.07, 6.45) is 3.51. The number of fused-ring (bicyclic) bond motifs is 1. The number of amides is 1. The first-order chi connectivity index (χ1) is 8.75. The smallest absolute Gasteiger partial charge is 0.254 e. The zero-order valence-electron chi connectivity index (χ0n) is 10.5. The average Bonchev–Trinajstić information content (AvgIpc) is 2.85. The molecule has 0 unspecified atom stereocenters. The van der Waals surface area contributed by atoms with Crippen LogP contribution in [0.5, 0.6) is 0 Å². The Balaban J connectivity index is 1.96. The maximum atomic E-state index is 12.5. The van der Waals surface area contributed by atoms with Crippen molar-refractivity contribution in [3.05, 3.63) is 28.8 Å². The van der Waals surface area contributed by atoms with Crippen LogP contribution >= 0.6 is 11.3 Å². The molecule has 0 aliphatic carbocycles. The Morgan fingerprint density at radius 2 is 2.06 bits per heavy atom. The Labute approximate surface area is 110 Å². The van der Waals surface area contributed by atoms with Crippen LogP contribution in [0, 0.1) is 6.92 Å². The number of piperidine rings is 1. The van der Waals surface area contributed by atoms with Gasteiger partial charge >= 0.3 is 0 Å². The van der Waals surface area contributed by atoms with Crippen molar-refractivity contribution in [3.63, 3.8) is 0 Å². The normalized spacial score (nSPS) is 16.2. The zero-order chi connectivity index (χ0) is 12.5. The number of likely N-dealkylation sites (tertiary alicyclic amines) is 1.